The predicted molar refractivity (Wildman–Crippen MR) is 101 cm³/mol. The van der Waals surface area contributed by atoms with Gasteiger partial charge in [0.1, 0.15) is 0 Å². The van der Waals surface area contributed by atoms with Crippen molar-refractivity contribution in [2.45, 2.75) is 13.0 Å². The first kappa shape index (κ1) is 17.6. The van der Waals surface area contributed by atoms with Gasteiger partial charge in [0, 0.05) is 29.5 Å². The van der Waals surface area contributed by atoms with Crippen molar-refractivity contribution >= 4 is 29.0 Å². The van der Waals surface area contributed by atoms with Crippen molar-refractivity contribution in [2.75, 3.05) is 36.5 Å². The van der Waals surface area contributed by atoms with E-state index in [1.807, 2.05) is 6.92 Å². The number of ether oxygens (including phenoxy) is 1. The molecule has 1 atom stereocenters. The molecule has 1 unspecified atom stereocenters. The standard InChI is InChI=1S/C19H22ClN3O2/c1-14(21-19(24)22-17-6-4-16(20)5-7-17)15-2-8-18(9-3-15)23-10-12-25-13-11-23/h2-9,14H,10-13H2,1H3,(H2,21,22,24). The summed E-state index contributed by atoms with van der Waals surface area (Å²) < 4.78 is 5.38. The lowest BCUT2D eigenvalue weighted by Gasteiger charge is -2.29. The van der Waals surface area contributed by atoms with Crippen LogP contribution in [0.2, 0.25) is 5.02 Å². The average molecular weight is 360 g/mol. The van der Waals surface area contributed by atoms with E-state index in [0.29, 0.717) is 10.7 Å². The highest BCUT2D eigenvalue weighted by Crippen LogP contribution is 2.20. The third-order valence-corrected chi connectivity index (χ3v) is 4.47. The van der Waals surface area contributed by atoms with E-state index in [2.05, 4.69) is 39.8 Å². The zero-order valence-electron chi connectivity index (χ0n) is 14.2. The minimum Gasteiger partial charge on any atom is -0.378 e. The minimum absolute atomic E-state index is 0.0916. The van der Waals surface area contributed by atoms with Crippen LogP contribution in [0.15, 0.2) is 48.5 Å². The molecule has 2 amide bonds. The molecule has 1 aliphatic rings. The lowest BCUT2D eigenvalue weighted by atomic mass is 10.1. The molecule has 0 aromatic heterocycles. The molecule has 6 heteroatoms. The minimum atomic E-state index is -0.243. The Balaban J connectivity index is 1.55. The Morgan fingerprint density at radius 1 is 1.08 bits per heavy atom. The van der Waals surface area contributed by atoms with Crippen LogP contribution in [0.25, 0.3) is 0 Å². The van der Waals surface area contributed by atoms with Crippen LogP contribution < -0.4 is 15.5 Å². The monoisotopic (exact) mass is 359 g/mol. The van der Waals surface area contributed by atoms with Gasteiger partial charge in [-0.1, -0.05) is 23.7 Å². The number of morpholine rings is 1. The topological polar surface area (TPSA) is 53.6 Å². The number of benzene rings is 2. The number of nitrogens with one attached hydrogen (secondary N) is 2. The van der Waals surface area contributed by atoms with Crippen molar-refractivity contribution in [3.63, 3.8) is 0 Å². The summed E-state index contributed by atoms with van der Waals surface area (Å²) in [5.41, 5.74) is 2.95. The Morgan fingerprint density at radius 3 is 2.36 bits per heavy atom. The number of carbonyl (C=O) groups is 1. The highest BCUT2D eigenvalue weighted by molar-refractivity contribution is 6.30. The molecule has 1 heterocycles. The SMILES string of the molecule is CC(NC(=O)Nc1ccc(Cl)cc1)c1ccc(N2CCOCC2)cc1. The number of nitrogens with zero attached hydrogens (tertiary/aromatic N) is 1. The van der Waals surface area contributed by atoms with Crippen LogP contribution in [0.5, 0.6) is 0 Å². The summed E-state index contributed by atoms with van der Waals surface area (Å²) in [4.78, 5) is 14.4. The Bertz CT molecular complexity index is 698. The fourth-order valence-corrected chi connectivity index (χ4v) is 2.90. The molecule has 1 saturated heterocycles. The third kappa shape index (κ3) is 4.87. The molecule has 1 aliphatic heterocycles. The van der Waals surface area contributed by atoms with Gasteiger partial charge < -0.3 is 20.3 Å². The molecule has 0 spiro atoms. The van der Waals surface area contributed by atoms with Gasteiger partial charge in [0.05, 0.1) is 19.3 Å². The number of anilines is 2. The van der Waals surface area contributed by atoms with Crippen LogP contribution in [0.4, 0.5) is 16.2 Å². The van der Waals surface area contributed by atoms with Crippen LogP contribution >= 0.6 is 11.6 Å². The molecular weight excluding hydrogens is 338 g/mol. The first-order valence-electron chi connectivity index (χ1n) is 8.37. The summed E-state index contributed by atoms with van der Waals surface area (Å²) in [7, 11) is 0. The molecule has 0 aliphatic carbocycles. The van der Waals surface area contributed by atoms with Gasteiger partial charge in [-0.05, 0) is 48.9 Å². The van der Waals surface area contributed by atoms with Crippen LogP contribution in [-0.2, 0) is 4.74 Å². The smallest absolute Gasteiger partial charge is 0.319 e. The van der Waals surface area contributed by atoms with E-state index in [4.69, 9.17) is 16.3 Å². The van der Waals surface area contributed by atoms with E-state index >= 15 is 0 Å². The van der Waals surface area contributed by atoms with Gasteiger partial charge in [-0.2, -0.15) is 0 Å². The lowest BCUT2D eigenvalue weighted by molar-refractivity contribution is 0.122. The zero-order valence-corrected chi connectivity index (χ0v) is 14.9. The largest absolute Gasteiger partial charge is 0.378 e. The Labute approximate surface area is 152 Å². The van der Waals surface area contributed by atoms with Gasteiger partial charge in [-0.15, -0.1) is 0 Å². The van der Waals surface area contributed by atoms with E-state index in [1.165, 1.54) is 5.69 Å². The van der Waals surface area contributed by atoms with E-state index in [9.17, 15) is 4.79 Å². The Morgan fingerprint density at radius 2 is 1.72 bits per heavy atom. The van der Waals surface area contributed by atoms with Crippen LogP contribution in [0.1, 0.15) is 18.5 Å². The van der Waals surface area contributed by atoms with Crippen LogP contribution in [0, 0.1) is 0 Å². The van der Waals surface area contributed by atoms with Crippen molar-refractivity contribution in [2.24, 2.45) is 0 Å². The van der Waals surface area contributed by atoms with Gasteiger partial charge in [0.25, 0.3) is 0 Å². The van der Waals surface area contributed by atoms with Crippen molar-refractivity contribution in [1.29, 1.82) is 0 Å². The average Bonchev–Trinajstić information content (AvgIpc) is 2.64. The summed E-state index contributed by atoms with van der Waals surface area (Å²) in [5.74, 6) is 0. The van der Waals surface area contributed by atoms with Gasteiger partial charge >= 0.3 is 6.03 Å². The van der Waals surface area contributed by atoms with Crippen molar-refractivity contribution < 1.29 is 9.53 Å². The number of hydrogen-bond acceptors (Lipinski definition) is 3. The Kier molecular flexibility index (Phi) is 5.79. The quantitative estimate of drug-likeness (QED) is 0.865. The zero-order chi connectivity index (χ0) is 17.6. The fraction of sp³-hybridized carbons (Fsp3) is 0.316. The molecule has 0 saturated carbocycles. The molecule has 3 rings (SSSR count). The molecule has 0 radical (unpaired) electrons. The molecular formula is C19H22ClN3O2. The van der Waals surface area contributed by atoms with E-state index in [-0.39, 0.29) is 12.1 Å². The number of rotatable bonds is 4. The van der Waals surface area contributed by atoms with E-state index in [1.54, 1.807) is 24.3 Å². The maximum Gasteiger partial charge on any atom is 0.319 e. The predicted octanol–water partition coefficient (Wildman–Crippen LogP) is 4.06. The first-order chi connectivity index (χ1) is 12.1. The van der Waals surface area contributed by atoms with Crippen molar-refractivity contribution in [3.8, 4) is 0 Å². The van der Waals surface area contributed by atoms with Gasteiger partial charge in [-0.25, -0.2) is 4.79 Å². The van der Waals surface area contributed by atoms with E-state index < -0.39 is 0 Å². The van der Waals surface area contributed by atoms with Gasteiger partial charge in [-0.3, -0.25) is 0 Å². The van der Waals surface area contributed by atoms with Crippen molar-refractivity contribution in [3.05, 3.63) is 59.1 Å². The van der Waals surface area contributed by atoms with Crippen LogP contribution in [-0.4, -0.2) is 32.3 Å². The van der Waals surface area contributed by atoms with Gasteiger partial charge in [0.15, 0.2) is 0 Å². The summed E-state index contributed by atoms with van der Waals surface area (Å²) in [5, 5.41) is 6.38. The normalized spacial score (nSPS) is 15.5. The highest BCUT2D eigenvalue weighted by atomic mass is 35.5. The maximum absolute atomic E-state index is 12.1. The summed E-state index contributed by atoms with van der Waals surface area (Å²) in [6.45, 7) is 5.33. The molecule has 0 bridgehead atoms. The number of urea groups is 1. The number of halogens is 1. The Hall–Kier alpha value is -2.24. The summed E-state index contributed by atoms with van der Waals surface area (Å²) >= 11 is 5.84. The van der Waals surface area contributed by atoms with Crippen LogP contribution in [0.3, 0.4) is 0 Å². The molecule has 2 aromatic carbocycles. The molecule has 25 heavy (non-hydrogen) atoms. The molecule has 2 N–H and O–H groups in total. The molecule has 5 nitrogen and oxygen atoms in total. The second-order valence-electron chi connectivity index (χ2n) is 6.02. The number of hydrogen-bond donors (Lipinski definition) is 2. The fourth-order valence-electron chi connectivity index (χ4n) is 2.78. The molecule has 2 aromatic rings. The lowest BCUT2D eigenvalue weighted by Crippen LogP contribution is -2.36. The van der Waals surface area contributed by atoms with Gasteiger partial charge in [0.2, 0.25) is 0 Å². The number of carbonyl (C=O) groups excluding carboxylic acids is 1. The first-order valence-corrected chi connectivity index (χ1v) is 8.75. The maximum atomic E-state index is 12.1. The highest BCUT2D eigenvalue weighted by Gasteiger charge is 2.13. The second-order valence-corrected chi connectivity index (χ2v) is 6.45. The third-order valence-electron chi connectivity index (χ3n) is 4.22. The molecule has 132 valence electrons. The summed E-state index contributed by atoms with van der Waals surface area (Å²) in [6.07, 6.45) is 0. The van der Waals surface area contributed by atoms with E-state index in [0.717, 1.165) is 31.9 Å². The second kappa shape index (κ2) is 8.23. The molecule has 1 fully saturated rings. The summed E-state index contributed by atoms with van der Waals surface area (Å²) in [6, 6.07) is 15.0. The van der Waals surface area contributed by atoms with Crippen molar-refractivity contribution in [1.82, 2.24) is 5.32 Å². The number of amides is 2.